The Kier molecular flexibility index (Phi) is 4.87. The number of nitrogens with one attached hydrogen (secondary N) is 1. The molecule has 7 heavy (non-hydrogen) atoms. The predicted molar refractivity (Wildman–Crippen MR) is 42.0 cm³/mol. The second kappa shape index (κ2) is 4.59. The Morgan fingerprint density at radius 1 is 1.29 bits per heavy atom. The molecular formula is C5H10IN. The molecule has 0 bridgehead atoms. The summed E-state index contributed by atoms with van der Waals surface area (Å²) in [7, 11) is 0. The molecule has 0 aromatic carbocycles. The molecule has 0 saturated heterocycles. The molecule has 0 fully saturated rings. The van der Waals surface area contributed by atoms with Crippen LogP contribution in [0.4, 0.5) is 0 Å². The average Bonchev–Trinajstić information content (AvgIpc) is 1.72. The fourth-order valence-electron chi connectivity index (χ4n) is 0.572. The smallest absolute Gasteiger partial charge is 0.0135 e. The van der Waals surface area contributed by atoms with Crippen molar-refractivity contribution in [1.29, 1.82) is 0 Å². The van der Waals surface area contributed by atoms with E-state index in [1.165, 1.54) is 6.42 Å². The van der Waals surface area contributed by atoms with Crippen molar-refractivity contribution in [2.24, 2.45) is 0 Å². The van der Waals surface area contributed by atoms with Gasteiger partial charge in [0.25, 0.3) is 0 Å². The molecule has 0 atom stereocenters. The Hall–Kier alpha value is 0.430. The first-order valence-electron chi connectivity index (χ1n) is 2.36. The van der Waals surface area contributed by atoms with E-state index >= 15 is 0 Å². The van der Waals surface area contributed by atoms with E-state index in [0.717, 1.165) is 13.1 Å². The van der Waals surface area contributed by atoms with Crippen LogP contribution in [0.15, 0.2) is 12.2 Å². The Morgan fingerprint density at radius 3 is 2.29 bits per heavy atom. The third-order valence-corrected chi connectivity index (χ3v) is 0.917. The number of halogens is 1. The van der Waals surface area contributed by atoms with Crippen molar-refractivity contribution in [3.05, 3.63) is 12.2 Å². The van der Waals surface area contributed by atoms with Crippen LogP contribution in [0.2, 0.25) is 0 Å². The van der Waals surface area contributed by atoms with Crippen molar-refractivity contribution in [3.8, 4) is 0 Å². The fourth-order valence-corrected chi connectivity index (χ4v) is 0.572. The molecular weight excluding hydrogens is 201 g/mol. The van der Waals surface area contributed by atoms with Gasteiger partial charge in [0.2, 0.25) is 0 Å². The van der Waals surface area contributed by atoms with E-state index in [0.29, 0.717) is 0 Å². The normalized spacial score (nSPS) is 18.3. The number of hydrogen-bond acceptors (Lipinski definition) is 1. The summed E-state index contributed by atoms with van der Waals surface area (Å²) in [6.45, 7) is 2.23. The molecule has 2 heteroatoms. The van der Waals surface area contributed by atoms with E-state index < -0.39 is 0 Å². The lowest BCUT2D eigenvalue weighted by Gasteiger charge is -2.01. The van der Waals surface area contributed by atoms with Gasteiger partial charge in [-0.3, -0.25) is 0 Å². The van der Waals surface area contributed by atoms with E-state index in [-0.39, 0.29) is 24.0 Å². The van der Waals surface area contributed by atoms with Crippen molar-refractivity contribution >= 4 is 24.0 Å². The summed E-state index contributed by atoms with van der Waals surface area (Å²) in [4.78, 5) is 0. The summed E-state index contributed by atoms with van der Waals surface area (Å²) in [5.74, 6) is 0. The zero-order chi connectivity index (χ0) is 4.24. The maximum absolute atomic E-state index is 3.20. The molecule has 0 aromatic rings. The third kappa shape index (κ3) is 3.05. The van der Waals surface area contributed by atoms with Crippen LogP contribution in [0.5, 0.6) is 0 Å². The fraction of sp³-hybridized carbons (Fsp3) is 0.600. The van der Waals surface area contributed by atoms with Crippen molar-refractivity contribution in [2.45, 2.75) is 6.42 Å². The van der Waals surface area contributed by atoms with E-state index in [4.69, 9.17) is 0 Å². The highest BCUT2D eigenvalue weighted by Crippen LogP contribution is 1.84. The minimum atomic E-state index is 0. The lowest BCUT2D eigenvalue weighted by molar-refractivity contribution is 0.728. The minimum absolute atomic E-state index is 0. The highest BCUT2D eigenvalue weighted by molar-refractivity contribution is 14.0. The van der Waals surface area contributed by atoms with Gasteiger partial charge in [0.15, 0.2) is 0 Å². The zero-order valence-electron chi connectivity index (χ0n) is 4.18. The largest absolute Gasteiger partial charge is 0.313 e. The molecule has 1 N–H and O–H groups in total. The molecule has 0 aliphatic carbocycles. The third-order valence-electron chi connectivity index (χ3n) is 0.917. The summed E-state index contributed by atoms with van der Waals surface area (Å²) < 4.78 is 0. The van der Waals surface area contributed by atoms with Crippen LogP contribution in [0.3, 0.4) is 0 Å². The molecule has 0 amide bonds. The first-order valence-corrected chi connectivity index (χ1v) is 2.36. The molecule has 0 radical (unpaired) electrons. The van der Waals surface area contributed by atoms with Crippen LogP contribution in [-0.2, 0) is 0 Å². The molecule has 1 aliphatic heterocycles. The average molecular weight is 211 g/mol. The maximum atomic E-state index is 3.20. The summed E-state index contributed by atoms with van der Waals surface area (Å²) in [6, 6.07) is 0. The van der Waals surface area contributed by atoms with Crippen LogP contribution in [0.25, 0.3) is 0 Å². The van der Waals surface area contributed by atoms with Crippen LogP contribution < -0.4 is 5.32 Å². The maximum Gasteiger partial charge on any atom is 0.0135 e. The molecule has 0 unspecified atom stereocenters. The Labute approximate surface area is 61.2 Å². The lowest BCUT2D eigenvalue weighted by Crippen LogP contribution is -2.17. The Bertz CT molecular complexity index is 53.1. The molecule has 1 heterocycles. The quantitative estimate of drug-likeness (QED) is 0.468. The SMILES string of the molecule is C1=CCNCC1.I. The predicted octanol–water partition coefficient (Wildman–Crippen LogP) is 1.15. The molecule has 1 rings (SSSR count). The van der Waals surface area contributed by atoms with E-state index in [1.54, 1.807) is 0 Å². The first-order chi connectivity index (χ1) is 3.00. The number of rotatable bonds is 0. The van der Waals surface area contributed by atoms with Crippen molar-refractivity contribution in [1.82, 2.24) is 5.32 Å². The second-order valence-electron chi connectivity index (χ2n) is 1.46. The highest BCUT2D eigenvalue weighted by atomic mass is 127. The van der Waals surface area contributed by atoms with Crippen molar-refractivity contribution < 1.29 is 0 Å². The lowest BCUT2D eigenvalue weighted by atomic mass is 10.3. The number of hydrogen-bond donors (Lipinski definition) is 1. The standard InChI is InChI=1S/C5H9N.HI/c1-2-4-6-5-3-1;/h1-2,6H,3-5H2;1H. The van der Waals surface area contributed by atoms with Gasteiger partial charge in [-0.05, 0) is 13.0 Å². The van der Waals surface area contributed by atoms with Crippen LogP contribution >= 0.6 is 24.0 Å². The summed E-state index contributed by atoms with van der Waals surface area (Å²) >= 11 is 0. The van der Waals surface area contributed by atoms with E-state index in [1.807, 2.05) is 0 Å². The molecule has 0 spiro atoms. The highest BCUT2D eigenvalue weighted by Gasteiger charge is 1.84. The minimum Gasteiger partial charge on any atom is -0.313 e. The van der Waals surface area contributed by atoms with Crippen LogP contribution in [-0.4, -0.2) is 13.1 Å². The van der Waals surface area contributed by atoms with Gasteiger partial charge in [-0.2, -0.15) is 0 Å². The second-order valence-corrected chi connectivity index (χ2v) is 1.46. The summed E-state index contributed by atoms with van der Waals surface area (Å²) in [5, 5.41) is 3.20. The van der Waals surface area contributed by atoms with E-state index in [9.17, 15) is 0 Å². The molecule has 1 aliphatic rings. The van der Waals surface area contributed by atoms with Gasteiger partial charge in [0, 0.05) is 6.54 Å². The molecule has 42 valence electrons. The van der Waals surface area contributed by atoms with E-state index in [2.05, 4.69) is 17.5 Å². The van der Waals surface area contributed by atoms with Crippen molar-refractivity contribution in [2.75, 3.05) is 13.1 Å². The summed E-state index contributed by atoms with van der Waals surface area (Å²) in [6.07, 6.45) is 5.57. The van der Waals surface area contributed by atoms with Gasteiger partial charge >= 0.3 is 0 Å². The van der Waals surface area contributed by atoms with Gasteiger partial charge in [-0.15, -0.1) is 24.0 Å². The molecule has 0 aromatic heterocycles. The molecule has 0 saturated carbocycles. The van der Waals surface area contributed by atoms with Gasteiger partial charge in [0.1, 0.15) is 0 Å². The Morgan fingerprint density at radius 2 is 2.14 bits per heavy atom. The molecule has 1 nitrogen and oxygen atoms in total. The van der Waals surface area contributed by atoms with Crippen LogP contribution in [0, 0.1) is 0 Å². The van der Waals surface area contributed by atoms with Crippen LogP contribution in [0.1, 0.15) is 6.42 Å². The monoisotopic (exact) mass is 211 g/mol. The zero-order valence-corrected chi connectivity index (χ0v) is 6.51. The Balaban J connectivity index is 0.000000360. The van der Waals surface area contributed by atoms with Crippen molar-refractivity contribution in [3.63, 3.8) is 0 Å². The first kappa shape index (κ1) is 7.43. The van der Waals surface area contributed by atoms with Gasteiger partial charge in [-0.1, -0.05) is 12.2 Å². The van der Waals surface area contributed by atoms with Gasteiger partial charge in [0.05, 0.1) is 0 Å². The topological polar surface area (TPSA) is 12.0 Å². The van der Waals surface area contributed by atoms with Gasteiger partial charge in [-0.25, -0.2) is 0 Å². The summed E-state index contributed by atoms with van der Waals surface area (Å²) in [5.41, 5.74) is 0. The van der Waals surface area contributed by atoms with Gasteiger partial charge < -0.3 is 5.32 Å².